The SMILES string of the molecule is Cc1[nH]c2cc([C@@H]3CCCCN3)nn2c(=O)c1F. The number of aryl methyl sites for hydroxylation is 1. The molecule has 1 atom stereocenters. The Morgan fingerprint density at radius 1 is 1.50 bits per heavy atom. The third kappa shape index (κ3) is 1.73. The van der Waals surface area contributed by atoms with Gasteiger partial charge in [0.1, 0.15) is 5.65 Å². The van der Waals surface area contributed by atoms with Gasteiger partial charge < -0.3 is 10.3 Å². The van der Waals surface area contributed by atoms with E-state index in [1.807, 2.05) is 6.07 Å². The predicted octanol–water partition coefficient (Wildman–Crippen LogP) is 1.28. The Kier molecular flexibility index (Phi) is 2.66. The topological polar surface area (TPSA) is 62.2 Å². The highest BCUT2D eigenvalue weighted by Gasteiger charge is 2.19. The van der Waals surface area contributed by atoms with E-state index in [2.05, 4.69) is 15.4 Å². The van der Waals surface area contributed by atoms with Crippen LogP contribution in [0.1, 0.15) is 36.7 Å². The Balaban J connectivity index is 2.10. The number of nitrogens with one attached hydrogen (secondary N) is 2. The molecule has 2 aromatic heterocycles. The minimum Gasteiger partial charge on any atom is -0.341 e. The van der Waals surface area contributed by atoms with Crippen molar-refractivity contribution in [2.45, 2.75) is 32.2 Å². The molecule has 1 aliphatic heterocycles. The quantitative estimate of drug-likeness (QED) is 0.801. The molecule has 96 valence electrons. The number of nitrogens with zero attached hydrogens (tertiary/aromatic N) is 2. The molecule has 18 heavy (non-hydrogen) atoms. The van der Waals surface area contributed by atoms with Gasteiger partial charge >= 0.3 is 5.56 Å². The lowest BCUT2D eigenvalue weighted by molar-refractivity contribution is 0.403. The second-order valence-corrected chi connectivity index (χ2v) is 4.74. The highest BCUT2D eigenvalue weighted by Crippen LogP contribution is 2.22. The van der Waals surface area contributed by atoms with Crippen molar-refractivity contribution in [2.24, 2.45) is 0 Å². The third-order valence-corrected chi connectivity index (χ3v) is 3.42. The fourth-order valence-electron chi connectivity index (χ4n) is 2.42. The summed E-state index contributed by atoms with van der Waals surface area (Å²) in [6, 6.07) is 1.98. The van der Waals surface area contributed by atoms with Crippen LogP contribution in [0.5, 0.6) is 0 Å². The van der Waals surface area contributed by atoms with Gasteiger partial charge in [0.2, 0.25) is 5.82 Å². The van der Waals surface area contributed by atoms with Crippen molar-refractivity contribution in [1.29, 1.82) is 0 Å². The molecule has 0 aromatic carbocycles. The summed E-state index contributed by atoms with van der Waals surface area (Å²) in [6.07, 6.45) is 3.31. The van der Waals surface area contributed by atoms with E-state index in [0.29, 0.717) is 5.65 Å². The fourth-order valence-corrected chi connectivity index (χ4v) is 2.42. The number of rotatable bonds is 1. The van der Waals surface area contributed by atoms with E-state index in [1.54, 1.807) is 6.92 Å². The molecular weight excluding hydrogens is 235 g/mol. The monoisotopic (exact) mass is 250 g/mol. The van der Waals surface area contributed by atoms with Gasteiger partial charge in [-0.05, 0) is 26.3 Å². The lowest BCUT2D eigenvalue weighted by atomic mass is 10.0. The summed E-state index contributed by atoms with van der Waals surface area (Å²) in [7, 11) is 0. The number of hydrogen-bond donors (Lipinski definition) is 2. The maximum atomic E-state index is 13.5. The fraction of sp³-hybridized carbons (Fsp3) is 0.500. The Morgan fingerprint density at radius 3 is 3.06 bits per heavy atom. The van der Waals surface area contributed by atoms with Crippen molar-refractivity contribution >= 4 is 5.65 Å². The van der Waals surface area contributed by atoms with Crippen LogP contribution in [0.2, 0.25) is 0 Å². The first-order valence-electron chi connectivity index (χ1n) is 6.18. The molecule has 0 amide bonds. The van der Waals surface area contributed by atoms with Crippen LogP contribution in [0.3, 0.4) is 0 Å². The number of fused-ring (bicyclic) bond motifs is 1. The number of aromatic amines is 1. The number of piperidine rings is 1. The standard InChI is InChI=1S/C12H15FN4O/c1-7-11(13)12(18)17-10(15-7)6-9(16-17)8-4-2-3-5-14-8/h6,8,14-15H,2-5H2,1H3/t8-/m0/s1. The average molecular weight is 250 g/mol. The summed E-state index contributed by atoms with van der Waals surface area (Å²) < 4.78 is 14.6. The number of hydrogen-bond acceptors (Lipinski definition) is 3. The van der Waals surface area contributed by atoms with Crippen LogP contribution < -0.4 is 10.9 Å². The molecule has 2 N–H and O–H groups in total. The van der Waals surface area contributed by atoms with Crippen LogP contribution in [0.25, 0.3) is 5.65 Å². The summed E-state index contributed by atoms with van der Waals surface area (Å²) in [6.45, 7) is 2.50. The van der Waals surface area contributed by atoms with Gasteiger partial charge in [0.15, 0.2) is 0 Å². The van der Waals surface area contributed by atoms with Crippen molar-refractivity contribution in [1.82, 2.24) is 19.9 Å². The summed E-state index contributed by atoms with van der Waals surface area (Å²) in [5, 5.41) is 7.57. The Labute approximate surface area is 103 Å². The molecule has 0 spiro atoms. The zero-order valence-electron chi connectivity index (χ0n) is 10.2. The van der Waals surface area contributed by atoms with Crippen LogP contribution in [-0.2, 0) is 0 Å². The minimum absolute atomic E-state index is 0.162. The lowest BCUT2D eigenvalue weighted by Gasteiger charge is -2.21. The van der Waals surface area contributed by atoms with E-state index in [9.17, 15) is 9.18 Å². The first-order chi connectivity index (χ1) is 8.66. The molecule has 5 nitrogen and oxygen atoms in total. The van der Waals surface area contributed by atoms with E-state index in [4.69, 9.17) is 0 Å². The van der Waals surface area contributed by atoms with Crippen LogP contribution in [0.4, 0.5) is 4.39 Å². The van der Waals surface area contributed by atoms with Gasteiger partial charge in [0.05, 0.1) is 17.4 Å². The summed E-state index contributed by atoms with van der Waals surface area (Å²) in [4.78, 5) is 14.6. The molecule has 0 radical (unpaired) electrons. The number of halogens is 1. The van der Waals surface area contributed by atoms with Gasteiger partial charge in [-0.3, -0.25) is 4.79 Å². The van der Waals surface area contributed by atoms with Gasteiger partial charge in [0.25, 0.3) is 0 Å². The normalized spacial score (nSPS) is 20.4. The van der Waals surface area contributed by atoms with Gasteiger partial charge in [-0.2, -0.15) is 14.0 Å². The maximum Gasteiger partial charge on any atom is 0.310 e. The average Bonchev–Trinajstić information content (AvgIpc) is 2.81. The van der Waals surface area contributed by atoms with Crippen molar-refractivity contribution in [2.75, 3.05) is 6.54 Å². The molecule has 1 saturated heterocycles. The molecule has 0 aliphatic carbocycles. The predicted molar refractivity (Wildman–Crippen MR) is 65.1 cm³/mol. The van der Waals surface area contributed by atoms with Gasteiger partial charge in [-0.15, -0.1) is 0 Å². The number of aromatic nitrogens is 3. The molecule has 3 heterocycles. The number of H-pyrrole nitrogens is 1. The van der Waals surface area contributed by atoms with Gasteiger partial charge in [-0.1, -0.05) is 6.42 Å². The molecule has 0 saturated carbocycles. The zero-order valence-corrected chi connectivity index (χ0v) is 10.2. The summed E-state index contributed by atoms with van der Waals surface area (Å²) >= 11 is 0. The van der Waals surface area contributed by atoms with Gasteiger partial charge in [-0.25, -0.2) is 0 Å². The van der Waals surface area contributed by atoms with E-state index >= 15 is 0 Å². The van der Waals surface area contributed by atoms with Crippen molar-refractivity contribution < 1.29 is 4.39 Å². The van der Waals surface area contributed by atoms with Crippen LogP contribution >= 0.6 is 0 Å². The van der Waals surface area contributed by atoms with E-state index in [-0.39, 0.29) is 11.7 Å². The molecule has 2 aromatic rings. The van der Waals surface area contributed by atoms with E-state index < -0.39 is 11.4 Å². The Bertz CT molecular complexity index is 639. The minimum atomic E-state index is -0.770. The smallest absolute Gasteiger partial charge is 0.310 e. The molecule has 1 aliphatic rings. The molecule has 0 bridgehead atoms. The van der Waals surface area contributed by atoms with E-state index in [1.165, 1.54) is 0 Å². The molecule has 1 fully saturated rings. The van der Waals surface area contributed by atoms with Crippen LogP contribution in [0.15, 0.2) is 10.9 Å². The summed E-state index contributed by atoms with van der Waals surface area (Å²) in [5.41, 5.74) is 0.896. The zero-order chi connectivity index (χ0) is 12.7. The second kappa shape index (κ2) is 4.20. The Hall–Kier alpha value is -1.69. The van der Waals surface area contributed by atoms with Gasteiger partial charge in [0, 0.05) is 6.07 Å². The highest BCUT2D eigenvalue weighted by molar-refractivity contribution is 5.40. The third-order valence-electron chi connectivity index (χ3n) is 3.42. The molecule has 0 unspecified atom stereocenters. The van der Waals surface area contributed by atoms with Crippen molar-refractivity contribution in [3.63, 3.8) is 0 Å². The first-order valence-corrected chi connectivity index (χ1v) is 6.18. The summed E-state index contributed by atoms with van der Waals surface area (Å²) in [5.74, 6) is -0.770. The van der Waals surface area contributed by atoms with Crippen LogP contribution in [0, 0.1) is 12.7 Å². The second-order valence-electron chi connectivity index (χ2n) is 4.74. The van der Waals surface area contributed by atoms with Crippen molar-refractivity contribution in [3.05, 3.63) is 33.6 Å². The first kappa shape index (κ1) is 11.4. The largest absolute Gasteiger partial charge is 0.341 e. The van der Waals surface area contributed by atoms with E-state index in [0.717, 1.165) is 36.0 Å². The molecule has 6 heteroatoms. The van der Waals surface area contributed by atoms with Crippen LogP contribution in [-0.4, -0.2) is 21.1 Å². The Morgan fingerprint density at radius 2 is 2.33 bits per heavy atom. The highest BCUT2D eigenvalue weighted by atomic mass is 19.1. The molecule has 3 rings (SSSR count). The lowest BCUT2D eigenvalue weighted by Crippen LogP contribution is -2.27. The maximum absolute atomic E-state index is 13.5. The van der Waals surface area contributed by atoms with Crippen molar-refractivity contribution in [3.8, 4) is 0 Å². The molecular formula is C12H15FN4O.